The van der Waals surface area contributed by atoms with E-state index in [1.165, 1.54) is 6.07 Å². The van der Waals surface area contributed by atoms with Crippen LogP contribution in [0.2, 0.25) is 0 Å². The van der Waals surface area contributed by atoms with Crippen LogP contribution < -0.4 is 4.74 Å². The monoisotopic (exact) mass is 313 g/mol. The number of alkyl halides is 5. The minimum Gasteiger partial charge on any atom is -0.478 e. The highest BCUT2D eigenvalue weighted by Gasteiger charge is 2.35. The maximum Gasteiger partial charge on any atom is 0.446 e. The molecule has 0 heterocycles. The molecule has 1 aromatic carbocycles. The van der Waals surface area contributed by atoms with E-state index in [1.54, 1.807) is 0 Å². The van der Waals surface area contributed by atoms with Crippen LogP contribution in [0.3, 0.4) is 0 Å². The second-order valence-corrected chi connectivity index (χ2v) is 4.24. The first-order valence-electron chi connectivity index (χ1n) is 4.66. The number of carboxylic acid groups (broad SMARTS) is 1. The SMILES string of the molecule is N#Cc1ccc(C(=O)O)c(SC(F)(F)F)c1OC(F)F. The van der Waals surface area contributed by atoms with Crippen molar-refractivity contribution >= 4 is 17.7 Å². The molecule has 0 bridgehead atoms. The van der Waals surface area contributed by atoms with Gasteiger partial charge in [0, 0.05) is 0 Å². The third kappa shape index (κ3) is 3.99. The van der Waals surface area contributed by atoms with Crippen LogP contribution in [0, 0.1) is 11.3 Å². The van der Waals surface area contributed by atoms with Gasteiger partial charge in [0.25, 0.3) is 0 Å². The summed E-state index contributed by atoms with van der Waals surface area (Å²) in [5.74, 6) is -2.87. The molecule has 1 rings (SSSR count). The summed E-state index contributed by atoms with van der Waals surface area (Å²) in [6.45, 7) is -3.50. The molecule has 1 N–H and O–H groups in total. The van der Waals surface area contributed by atoms with Gasteiger partial charge < -0.3 is 9.84 Å². The number of ether oxygens (including phenoxy) is 1. The predicted octanol–water partition coefficient (Wildman–Crippen LogP) is 3.47. The van der Waals surface area contributed by atoms with E-state index in [0.29, 0.717) is 6.07 Å². The summed E-state index contributed by atoms with van der Waals surface area (Å²) in [5, 5.41) is 17.4. The lowest BCUT2D eigenvalue weighted by atomic mass is 10.1. The number of benzene rings is 1. The van der Waals surface area contributed by atoms with Crippen LogP contribution in [-0.2, 0) is 0 Å². The van der Waals surface area contributed by atoms with Crippen molar-refractivity contribution in [3.63, 3.8) is 0 Å². The van der Waals surface area contributed by atoms with E-state index in [1.807, 2.05) is 0 Å². The Labute approximate surface area is 112 Å². The number of thioether (sulfide) groups is 1. The molecule has 0 aliphatic carbocycles. The van der Waals surface area contributed by atoms with Crippen molar-refractivity contribution in [2.24, 2.45) is 0 Å². The molecule has 0 saturated carbocycles. The number of nitriles is 1. The molecule has 0 amide bonds. The first kappa shape index (κ1) is 16.0. The summed E-state index contributed by atoms with van der Waals surface area (Å²) < 4.78 is 65.4. The zero-order chi connectivity index (χ0) is 15.5. The number of halogens is 5. The zero-order valence-electron chi connectivity index (χ0n) is 9.24. The van der Waals surface area contributed by atoms with E-state index in [9.17, 15) is 26.7 Å². The second-order valence-electron chi connectivity index (χ2n) is 3.16. The number of hydrogen-bond acceptors (Lipinski definition) is 4. The molecule has 0 spiro atoms. The number of rotatable bonds is 4. The summed E-state index contributed by atoms with van der Waals surface area (Å²) in [5.41, 5.74) is -6.44. The lowest BCUT2D eigenvalue weighted by molar-refractivity contribution is -0.0530. The molecule has 4 nitrogen and oxygen atoms in total. The maximum absolute atomic E-state index is 12.4. The fraction of sp³-hybridized carbons (Fsp3) is 0.200. The van der Waals surface area contributed by atoms with E-state index in [0.717, 1.165) is 6.07 Å². The standard InChI is InChI=1S/C10H4F5NO3S/c11-9(12)19-6-4(3-16)1-2-5(8(17)18)7(6)20-10(13,14)15/h1-2,9H,(H,17,18). The molecular weight excluding hydrogens is 309 g/mol. The molecule has 0 fully saturated rings. The molecule has 20 heavy (non-hydrogen) atoms. The summed E-state index contributed by atoms with van der Waals surface area (Å²) in [6, 6.07) is 2.87. The van der Waals surface area contributed by atoms with Gasteiger partial charge in [-0.05, 0) is 23.9 Å². The molecule has 0 atom stereocenters. The van der Waals surface area contributed by atoms with Crippen molar-refractivity contribution in [3.05, 3.63) is 23.3 Å². The van der Waals surface area contributed by atoms with Crippen molar-refractivity contribution in [1.82, 2.24) is 0 Å². The Hall–Kier alpha value is -2.02. The van der Waals surface area contributed by atoms with E-state index in [2.05, 4.69) is 4.74 Å². The molecule has 0 aliphatic rings. The summed E-state index contributed by atoms with van der Waals surface area (Å²) >= 11 is -0.936. The van der Waals surface area contributed by atoms with Crippen molar-refractivity contribution in [3.8, 4) is 11.8 Å². The number of aromatic carboxylic acids is 1. The highest BCUT2D eigenvalue weighted by molar-refractivity contribution is 8.00. The smallest absolute Gasteiger partial charge is 0.446 e. The van der Waals surface area contributed by atoms with E-state index in [4.69, 9.17) is 10.4 Å². The number of hydrogen-bond donors (Lipinski definition) is 1. The average molecular weight is 313 g/mol. The van der Waals surface area contributed by atoms with E-state index in [-0.39, 0.29) is 0 Å². The Bertz CT molecular complexity index is 567. The number of carboxylic acids is 1. The van der Waals surface area contributed by atoms with Crippen molar-refractivity contribution < 1.29 is 36.6 Å². The summed E-state index contributed by atoms with van der Waals surface area (Å²) in [4.78, 5) is 9.75. The third-order valence-corrected chi connectivity index (χ3v) is 2.73. The van der Waals surface area contributed by atoms with Crippen LogP contribution in [0.1, 0.15) is 15.9 Å². The summed E-state index contributed by atoms with van der Waals surface area (Å²) in [7, 11) is 0. The van der Waals surface area contributed by atoms with Crippen LogP contribution in [-0.4, -0.2) is 23.2 Å². The second kappa shape index (κ2) is 5.96. The average Bonchev–Trinajstić information content (AvgIpc) is 2.28. The van der Waals surface area contributed by atoms with Gasteiger partial charge in [-0.2, -0.15) is 27.2 Å². The van der Waals surface area contributed by atoms with Crippen LogP contribution in [0.5, 0.6) is 5.75 Å². The van der Waals surface area contributed by atoms with Gasteiger partial charge in [0.2, 0.25) is 0 Å². The highest BCUT2D eigenvalue weighted by Crippen LogP contribution is 2.45. The van der Waals surface area contributed by atoms with Gasteiger partial charge in [-0.3, -0.25) is 0 Å². The molecule has 10 heteroatoms. The Morgan fingerprint density at radius 3 is 2.40 bits per heavy atom. The van der Waals surface area contributed by atoms with Gasteiger partial charge >= 0.3 is 18.1 Å². The maximum atomic E-state index is 12.4. The lowest BCUT2D eigenvalue weighted by Crippen LogP contribution is -2.11. The van der Waals surface area contributed by atoms with Crippen LogP contribution >= 0.6 is 11.8 Å². The Balaban J connectivity index is 3.52. The normalized spacial score (nSPS) is 11.2. The molecule has 0 aliphatic heterocycles. The predicted molar refractivity (Wildman–Crippen MR) is 56.7 cm³/mol. The quantitative estimate of drug-likeness (QED) is 0.681. The minimum absolute atomic E-state index is 0.623. The van der Waals surface area contributed by atoms with Gasteiger partial charge in [-0.15, -0.1) is 0 Å². The molecule has 1 aromatic rings. The molecule has 0 aromatic heterocycles. The van der Waals surface area contributed by atoms with Crippen LogP contribution in [0.15, 0.2) is 17.0 Å². The Morgan fingerprint density at radius 1 is 1.40 bits per heavy atom. The third-order valence-electron chi connectivity index (χ3n) is 1.89. The number of carbonyl (C=O) groups is 1. The fourth-order valence-corrected chi connectivity index (χ4v) is 1.99. The first-order chi connectivity index (χ1) is 9.15. The molecule has 0 unspecified atom stereocenters. The van der Waals surface area contributed by atoms with Gasteiger partial charge in [-0.25, -0.2) is 4.79 Å². The van der Waals surface area contributed by atoms with E-state index >= 15 is 0 Å². The molecular formula is C10H4F5NO3S. The summed E-state index contributed by atoms with van der Waals surface area (Å²) in [6.07, 6.45) is 0. The fourth-order valence-electron chi connectivity index (χ4n) is 1.24. The molecule has 0 radical (unpaired) electrons. The topological polar surface area (TPSA) is 70.3 Å². The van der Waals surface area contributed by atoms with Gasteiger partial charge in [-0.1, -0.05) is 0 Å². The van der Waals surface area contributed by atoms with Gasteiger partial charge in [0.15, 0.2) is 5.75 Å². The molecule has 0 saturated heterocycles. The lowest BCUT2D eigenvalue weighted by Gasteiger charge is -2.15. The first-order valence-corrected chi connectivity index (χ1v) is 5.48. The zero-order valence-corrected chi connectivity index (χ0v) is 10.1. The van der Waals surface area contributed by atoms with Crippen molar-refractivity contribution in [1.29, 1.82) is 5.26 Å². The molecule has 108 valence electrons. The van der Waals surface area contributed by atoms with Crippen LogP contribution in [0.25, 0.3) is 0 Å². The Morgan fingerprint density at radius 2 is 2.00 bits per heavy atom. The van der Waals surface area contributed by atoms with Crippen molar-refractivity contribution in [2.75, 3.05) is 0 Å². The number of nitrogens with zero attached hydrogens (tertiary/aromatic N) is 1. The highest BCUT2D eigenvalue weighted by atomic mass is 32.2. The van der Waals surface area contributed by atoms with Crippen molar-refractivity contribution in [2.45, 2.75) is 17.0 Å². The minimum atomic E-state index is -4.93. The van der Waals surface area contributed by atoms with E-state index < -0.39 is 51.6 Å². The van der Waals surface area contributed by atoms with Gasteiger partial charge in [0.05, 0.1) is 16.0 Å². The largest absolute Gasteiger partial charge is 0.478 e. The van der Waals surface area contributed by atoms with Crippen LogP contribution in [0.4, 0.5) is 22.0 Å². The van der Waals surface area contributed by atoms with Gasteiger partial charge in [0.1, 0.15) is 6.07 Å². The Kier molecular flexibility index (Phi) is 4.78.